The molecule has 1 saturated carbocycles. The van der Waals surface area contributed by atoms with Crippen molar-refractivity contribution in [1.29, 1.82) is 0 Å². The maximum Gasteiger partial charge on any atom is 0.0897 e. The van der Waals surface area contributed by atoms with Gasteiger partial charge in [-0.1, -0.05) is 43.2 Å². The molecule has 0 radical (unpaired) electrons. The van der Waals surface area contributed by atoms with Gasteiger partial charge in [-0.3, -0.25) is 0 Å². The smallest absolute Gasteiger partial charge is 0.0897 e. The maximum atomic E-state index is 10.9. The number of thiazole rings is 1. The van der Waals surface area contributed by atoms with Gasteiger partial charge < -0.3 is 5.11 Å². The molecule has 106 valence electrons. The van der Waals surface area contributed by atoms with E-state index in [0.29, 0.717) is 6.42 Å². The summed E-state index contributed by atoms with van der Waals surface area (Å²) in [6, 6.07) is 10.5. The molecule has 1 N–H and O–H groups in total. The third-order valence-corrected chi connectivity index (χ3v) is 5.37. The molecular weight excluding hydrogens is 266 g/mol. The van der Waals surface area contributed by atoms with Crippen LogP contribution < -0.4 is 0 Å². The third kappa shape index (κ3) is 2.52. The van der Waals surface area contributed by atoms with Gasteiger partial charge in [0.15, 0.2) is 0 Å². The van der Waals surface area contributed by atoms with Gasteiger partial charge >= 0.3 is 0 Å². The lowest BCUT2D eigenvalue weighted by Crippen LogP contribution is -2.38. The van der Waals surface area contributed by atoms with E-state index in [-0.39, 0.29) is 11.5 Å². The molecule has 0 aliphatic heterocycles. The second-order valence-corrected chi connectivity index (χ2v) is 6.87. The highest BCUT2D eigenvalue weighted by Gasteiger charge is 2.42. The Balaban J connectivity index is 1.87. The minimum absolute atomic E-state index is 0.0707. The van der Waals surface area contributed by atoms with Crippen LogP contribution in [0.2, 0.25) is 0 Å². The molecule has 2 nitrogen and oxygen atoms in total. The summed E-state index contributed by atoms with van der Waals surface area (Å²) >= 11 is 1.66. The predicted octanol–water partition coefficient (Wildman–Crippen LogP) is 3.87. The molecule has 3 heteroatoms. The first-order valence-corrected chi connectivity index (χ1v) is 8.23. The molecule has 0 bridgehead atoms. The number of aromatic nitrogens is 1. The molecule has 1 aliphatic rings. The van der Waals surface area contributed by atoms with Gasteiger partial charge in [0.05, 0.1) is 16.8 Å². The van der Waals surface area contributed by atoms with Gasteiger partial charge in [-0.15, -0.1) is 11.3 Å². The van der Waals surface area contributed by atoms with Crippen molar-refractivity contribution < 1.29 is 5.11 Å². The number of rotatable bonds is 4. The van der Waals surface area contributed by atoms with Crippen molar-refractivity contribution in [3.8, 4) is 0 Å². The van der Waals surface area contributed by atoms with Crippen LogP contribution in [-0.4, -0.2) is 16.2 Å². The number of aliphatic hydroxyl groups excluding tert-OH is 1. The van der Waals surface area contributed by atoms with E-state index >= 15 is 0 Å². The molecule has 0 amide bonds. The Morgan fingerprint density at radius 2 is 1.95 bits per heavy atom. The molecule has 1 fully saturated rings. The van der Waals surface area contributed by atoms with Crippen LogP contribution in [0.5, 0.6) is 0 Å². The van der Waals surface area contributed by atoms with E-state index in [1.165, 1.54) is 18.4 Å². The Hall–Kier alpha value is -1.19. The fraction of sp³-hybridized carbons (Fsp3) is 0.471. The van der Waals surface area contributed by atoms with Crippen molar-refractivity contribution in [2.24, 2.45) is 0 Å². The van der Waals surface area contributed by atoms with E-state index in [2.05, 4.69) is 34.6 Å². The van der Waals surface area contributed by atoms with Crippen molar-refractivity contribution in [2.45, 2.75) is 50.5 Å². The fourth-order valence-corrected chi connectivity index (χ4v) is 4.11. The van der Waals surface area contributed by atoms with E-state index in [1.807, 2.05) is 13.0 Å². The average molecular weight is 287 g/mol. The van der Waals surface area contributed by atoms with Gasteiger partial charge in [-0.05, 0) is 25.3 Å². The molecule has 3 rings (SSSR count). The Labute approximate surface area is 124 Å². The first-order valence-electron chi connectivity index (χ1n) is 7.35. The van der Waals surface area contributed by atoms with Gasteiger partial charge in [0, 0.05) is 17.2 Å². The normalized spacial score (nSPS) is 19.1. The number of aryl methyl sites for hydroxylation is 1. The van der Waals surface area contributed by atoms with Crippen LogP contribution in [0.3, 0.4) is 0 Å². The van der Waals surface area contributed by atoms with Crippen molar-refractivity contribution >= 4 is 11.3 Å². The van der Waals surface area contributed by atoms with Gasteiger partial charge in [-0.25, -0.2) is 4.98 Å². The number of hydrogen-bond donors (Lipinski definition) is 1. The summed E-state index contributed by atoms with van der Waals surface area (Å²) in [5, 5.41) is 14.0. The Morgan fingerprint density at radius 1 is 1.25 bits per heavy atom. The second kappa shape index (κ2) is 5.66. The fourth-order valence-electron chi connectivity index (χ4n) is 3.49. The monoisotopic (exact) mass is 287 g/mol. The van der Waals surface area contributed by atoms with Crippen LogP contribution in [0.4, 0.5) is 0 Å². The summed E-state index contributed by atoms with van der Waals surface area (Å²) in [6.07, 6.45) is 4.92. The summed E-state index contributed by atoms with van der Waals surface area (Å²) in [6.45, 7) is 2.02. The minimum Gasteiger partial charge on any atom is -0.392 e. The summed E-state index contributed by atoms with van der Waals surface area (Å²) < 4.78 is 0. The Bertz CT molecular complexity index is 557. The molecule has 1 aliphatic carbocycles. The first kappa shape index (κ1) is 13.8. The zero-order chi connectivity index (χ0) is 14.0. The summed E-state index contributed by atoms with van der Waals surface area (Å²) in [5.41, 5.74) is 2.25. The highest BCUT2D eigenvalue weighted by molar-refractivity contribution is 7.09. The van der Waals surface area contributed by atoms with Gasteiger partial charge in [0.1, 0.15) is 0 Å². The highest BCUT2D eigenvalue weighted by Crippen LogP contribution is 2.44. The lowest BCUT2D eigenvalue weighted by atomic mass is 9.73. The van der Waals surface area contributed by atoms with Crippen LogP contribution in [0.15, 0.2) is 35.7 Å². The summed E-state index contributed by atoms with van der Waals surface area (Å²) in [4.78, 5) is 4.51. The predicted molar refractivity (Wildman–Crippen MR) is 83.1 cm³/mol. The van der Waals surface area contributed by atoms with Crippen LogP contribution in [0, 0.1) is 6.92 Å². The molecular formula is C17H21NOS. The zero-order valence-corrected chi connectivity index (χ0v) is 12.7. The van der Waals surface area contributed by atoms with Crippen LogP contribution in [0.1, 0.15) is 41.9 Å². The first-order chi connectivity index (χ1) is 9.71. The van der Waals surface area contributed by atoms with E-state index in [0.717, 1.165) is 23.5 Å². The van der Waals surface area contributed by atoms with E-state index in [4.69, 9.17) is 0 Å². The minimum atomic E-state index is -0.339. The van der Waals surface area contributed by atoms with Crippen molar-refractivity contribution in [3.63, 3.8) is 0 Å². The van der Waals surface area contributed by atoms with Crippen LogP contribution in [0.25, 0.3) is 0 Å². The van der Waals surface area contributed by atoms with E-state index in [1.54, 1.807) is 11.3 Å². The molecule has 1 unspecified atom stereocenters. The second-order valence-electron chi connectivity index (χ2n) is 5.81. The van der Waals surface area contributed by atoms with Gasteiger partial charge in [-0.2, -0.15) is 0 Å². The van der Waals surface area contributed by atoms with Crippen LogP contribution in [-0.2, 0) is 11.8 Å². The topological polar surface area (TPSA) is 33.1 Å². The average Bonchev–Trinajstić information content (AvgIpc) is 3.10. The lowest BCUT2D eigenvalue weighted by Gasteiger charge is -2.34. The van der Waals surface area contributed by atoms with E-state index < -0.39 is 0 Å². The molecule has 0 spiro atoms. The molecule has 1 heterocycles. The maximum absolute atomic E-state index is 10.9. The van der Waals surface area contributed by atoms with Crippen molar-refractivity contribution in [1.82, 2.24) is 4.98 Å². The largest absolute Gasteiger partial charge is 0.392 e. The number of nitrogens with zero attached hydrogens (tertiary/aromatic N) is 1. The van der Waals surface area contributed by atoms with Gasteiger partial charge in [0.2, 0.25) is 0 Å². The summed E-state index contributed by atoms with van der Waals surface area (Å²) in [5.74, 6) is 0. The zero-order valence-electron chi connectivity index (χ0n) is 11.9. The highest BCUT2D eigenvalue weighted by atomic mass is 32.1. The molecule has 1 aromatic carbocycles. The molecule has 2 aromatic rings. The Morgan fingerprint density at radius 3 is 2.55 bits per heavy atom. The number of aliphatic hydroxyl groups is 1. The summed E-state index contributed by atoms with van der Waals surface area (Å²) in [7, 11) is 0. The molecule has 1 aromatic heterocycles. The SMILES string of the molecule is Cc1nc(CC(O)C2(c3ccccc3)CCCC2)cs1. The van der Waals surface area contributed by atoms with Crippen LogP contribution >= 0.6 is 11.3 Å². The van der Waals surface area contributed by atoms with Crippen molar-refractivity contribution in [3.05, 3.63) is 52.0 Å². The molecule has 0 saturated heterocycles. The Kier molecular flexibility index (Phi) is 3.90. The number of hydrogen-bond acceptors (Lipinski definition) is 3. The van der Waals surface area contributed by atoms with Crippen molar-refractivity contribution in [2.75, 3.05) is 0 Å². The van der Waals surface area contributed by atoms with E-state index in [9.17, 15) is 5.11 Å². The third-order valence-electron chi connectivity index (χ3n) is 4.55. The molecule has 1 atom stereocenters. The van der Waals surface area contributed by atoms with Gasteiger partial charge in [0.25, 0.3) is 0 Å². The number of benzene rings is 1. The quantitative estimate of drug-likeness (QED) is 0.926. The lowest BCUT2D eigenvalue weighted by molar-refractivity contribution is 0.0818. The standard InChI is InChI=1S/C17H21NOS/c1-13-18-15(12-20-13)11-16(19)17(9-5-6-10-17)14-7-3-2-4-8-14/h2-4,7-8,12,16,19H,5-6,9-11H2,1H3. The molecule has 20 heavy (non-hydrogen) atoms.